The van der Waals surface area contributed by atoms with Crippen molar-refractivity contribution < 1.29 is 13.9 Å². The van der Waals surface area contributed by atoms with Crippen LogP contribution in [0.3, 0.4) is 0 Å². The van der Waals surface area contributed by atoms with E-state index < -0.39 is 5.92 Å². The molecule has 0 fully saturated rings. The SMILES string of the molecule is Cc1cc(F)cc2c1NCC[C@H]2C(=O)n1nc2c(c1N)CCOC2. The number of carbonyl (C=O) groups is 1. The van der Waals surface area contributed by atoms with Gasteiger partial charge in [0.2, 0.25) is 0 Å². The number of benzene rings is 1. The van der Waals surface area contributed by atoms with Crippen LogP contribution in [0.5, 0.6) is 0 Å². The highest BCUT2D eigenvalue weighted by atomic mass is 19.1. The maximum Gasteiger partial charge on any atom is 0.256 e. The Kier molecular flexibility index (Phi) is 3.53. The van der Waals surface area contributed by atoms with Crippen molar-refractivity contribution in [1.29, 1.82) is 0 Å². The third-order valence-corrected chi connectivity index (χ3v) is 4.79. The molecule has 1 aromatic carbocycles. The molecule has 0 radical (unpaired) electrons. The molecule has 1 aromatic heterocycles. The van der Waals surface area contributed by atoms with E-state index in [0.717, 1.165) is 22.5 Å². The van der Waals surface area contributed by atoms with Gasteiger partial charge in [-0.15, -0.1) is 0 Å². The fourth-order valence-electron chi connectivity index (χ4n) is 3.60. The molecule has 126 valence electrons. The van der Waals surface area contributed by atoms with Crippen LogP contribution in [0.4, 0.5) is 15.9 Å². The number of nitrogens with two attached hydrogens (primary N) is 1. The second-order valence-corrected chi connectivity index (χ2v) is 6.32. The average Bonchev–Trinajstić information content (AvgIpc) is 2.91. The van der Waals surface area contributed by atoms with Gasteiger partial charge < -0.3 is 15.8 Å². The number of aryl methyl sites for hydroxylation is 1. The quantitative estimate of drug-likeness (QED) is 0.838. The lowest BCUT2D eigenvalue weighted by Gasteiger charge is -2.27. The van der Waals surface area contributed by atoms with Gasteiger partial charge >= 0.3 is 0 Å². The van der Waals surface area contributed by atoms with Gasteiger partial charge in [-0.05, 0) is 36.6 Å². The van der Waals surface area contributed by atoms with E-state index in [-0.39, 0.29) is 11.7 Å². The number of halogens is 1. The minimum Gasteiger partial charge on any atom is -0.385 e. The molecule has 2 aliphatic rings. The van der Waals surface area contributed by atoms with Crippen LogP contribution in [0.15, 0.2) is 12.1 Å². The highest BCUT2D eigenvalue weighted by Gasteiger charge is 2.32. The van der Waals surface area contributed by atoms with Gasteiger partial charge in [-0.2, -0.15) is 9.78 Å². The first kappa shape index (κ1) is 15.1. The zero-order valence-corrected chi connectivity index (χ0v) is 13.4. The van der Waals surface area contributed by atoms with Gasteiger partial charge in [0.25, 0.3) is 5.91 Å². The molecular formula is C17H19FN4O2. The fraction of sp³-hybridized carbons (Fsp3) is 0.412. The molecule has 2 aromatic rings. The summed E-state index contributed by atoms with van der Waals surface area (Å²) in [6.45, 7) is 3.44. The van der Waals surface area contributed by atoms with E-state index in [1.165, 1.54) is 16.8 Å². The molecule has 0 bridgehead atoms. The van der Waals surface area contributed by atoms with E-state index in [1.807, 2.05) is 6.92 Å². The van der Waals surface area contributed by atoms with E-state index in [2.05, 4.69) is 10.4 Å². The third kappa shape index (κ3) is 2.27. The number of aromatic nitrogens is 2. The molecule has 2 aliphatic heterocycles. The number of hydrogen-bond acceptors (Lipinski definition) is 5. The lowest BCUT2D eigenvalue weighted by atomic mass is 9.88. The number of nitrogens with one attached hydrogen (secondary N) is 1. The van der Waals surface area contributed by atoms with Gasteiger partial charge in [0.1, 0.15) is 11.6 Å². The molecule has 3 N–H and O–H groups in total. The Bertz CT molecular complexity index is 830. The molecule has 4 rings (SSSR count). The molecule has 0 amide bonds. The Morgan fingerprint density at radius 3 is 3.12 bits per heavy atom. The summed E-state index contributed by atoms with van der Waals surface area (Å²) >= 11 is 0. The molecule has 3 heterocycles. The van der Waals surface area contributed by atoms with Gasteiger partial charge in [0.15, 0.2) is 0 Å². The monoisotopic (exact) mass is 330 g/mol. The van der Waals surface area contributed by atoms with E-state index in [9.17, 15) is 9.18 Å². The van der Waals surface area contributed by atoms with Crippen molar-refractivity contribution in [2.75, 3.05) is 24.2 Å². The topological polar surface area (TPSA) is 82.2 Å². The lowest BCUT2D eigenvalue weighted by Crippen LogP contribution is -2.29. The number of ether oxygens (including phenoxy) is 1. The van der Waals surface area contributed by atoms with Crippen LogP contribution in [0.1, 0.15) is 39.5 Å². The Labute approximate surface area is 138 Å². The third-order valence-electron chi connectivity index (χ3n) is 4.79. The molecular weight excluding hydrogens is 311 g/mol. The minimum atomic E-state index is -0.458. The molecule has 7 heteroatoms. The molecule has 24 heavy (non-hydrogen) atoms. The maximum atomic E-state index is 13.9. The van der Waals surface area contributed by atoms with E-state index in [1.54, 1.807) is 0 Å². The molecule has 6 nitrogen and oxygen atoms in total. The van der Waals surface area contributed by atoms with Crippen molar-refractivity contribution in [3.05, 3.63) is 40.3 Å². The number of anilines is 2. The largest absolute Gasteiger partial charge is 0.385 e. The number of fused-ring (bicyclic) bond motifs is 2. The number of hydrogen-bond donors (Lipinski definition) is 2. The second kappa shape index (κ2) is 5.59. The maximum absolute atomic E-state index is 13.9. The number of nitrogen functional groups attached to an aromatic ring is 1. The van der Waals surface area contributed by atoms with Crippen LogP contribution < -0.4 is 11.1 Å². The van der Waals surface area contributed by atoms with Crippen LogP contribution in [0, 0.1) is 12.7 Å². The molecule has 0 unspecified atom stereocenters. The Morgan fingerprint density at radius 2 is 2.33 bits per heavy atom. The van der Waals surface area contributed by atoms with Crippen molar-refractivity contribution in [2.45, 2.75) is 32.3 Å². The Hall–Kier alpha value is -2.41. The summed E-state index contributed by atoms with van der Waals surface area (Å²) in [5, 5.41) is 7.60. The predicted octanol–water partition coefficient (Wildman–Crippen LogP) is 2.23. The number of nitrogens with zero attached hydrogens (tertiary/aromatic N) is 2. The van der Waals surface area contributed by atoms with Crippen LogP contribution >= 0.6 is 0 Å². The standard InChI is InChI=1S/C17H19FN4O2/c1-9-6-10(18)7-13-11(2-4-20-15(9)13)17(23)22-16(19)12-3-5-24-8-14(12)21-22/h6-7,11,20H,2-5,8,19H2,1H3/t11-/m1/s1. The first-order chi connectivity index (χ1) is 11.6. The first-order valence-corrected chi connectivity index (χ1v) is 8.08. The molecule has 0 saturated heterocycles. The van der Waals surface area contributed by atoms with Crippen molar-refractivity contribution in [1.82, 2.24) is 9.78 Å². The van der Waals surface area contributed by atoms with Gasteiger partial charge in [-0.3, -0.25) is 4.79 Å². The highest BCUT2D eigenvalue weighted by molar-refractivity contribution is 5.90. The lowest BCUT2D eigenvalue weighted by molar-refractivity contribution is 0.0854. The van der Waals surface area contributed by atoms with E-state index in [0.29, 0.717) is 44.0 Å². The summed E-state index contributed by atoms with van der Waals surface area (Å²) in [6.07, 6.45) is 1.24. The molecule has 0 aliphatic carbocycles. The van der Waals surface area contributed by atoms with Crippen molar-refractivity contribution in [2.24, 2.45) is 0 Å². The molecule has 1 atom stereocenters. The Morgan fingerprint density at radius 1 is 1.50 bits per heavy atom. The van der Waals surface area contributed by atoms with Crippen LogP contribution in [-0.2, 0) is 17.8 Å². The predicted molar refractivity (Wildman–Crippen MR) is 87.6 cm³/mol. The smallest absolute Gasteiger partial charge is 0.256 e. The minimum absolute atomic E-state index is 0.213. The highest BCUT2D eigenvalue weighted by Crippen LogP contribution is 2.36. The fourth-order valence-corrected chi connectivity index (χ4v) is 3.60. The first-order valence-electron chi connectivity index (χ1n) is 8.08. The van der Waals surface area contributed by atoms with E-state index in [4.69, 9.17) is 10.5 Å². The number of carbonyl (C=O) groups excluding carboxylic acids is 1. The summed E-state index contributed by atoms with van der Waals surface area (Å²) in [6, 6.07) is 2.90. The van der Waals surface area contributed by atoms with Gasteiger partial charge in [-0.25, -0.2) is 4.39 Å². The van der Waals surface area contributed by atoms with Gasteiger partial charge in [0.05, 0.1) is 24.8 Å². The second-order valence-electron chi connectivity index (χ2n) is 6.32. The summed E-state index contributed by atoms with van der Waals surface area (Å²) in [4.78, 5) is 13.1. The molecule has 0 spiro atoms. The van der Waals surface area contributed by atoms with Crippen molar-refractivity contribution >= 4 is 17.4 Å². The summed E-state index contributed by atoms with van der Waals surface area (Å²) in [5.74, 6) is -0.629. The van der Waals surface area contributed by atoms with Gasteiger partial charge in [0, 0.05) is 24.2 Å². The summed E-state index contributed by atoms with van der Waals surface area (Å²) < 4.78 is 20.5. The van der Waals surface area contributed by atoms with Crippen molar-refractivity contribution in [3.8, 4) is 0 Å². The molecule has 0 saturated carbocycles. The van der Waals surface area contributed by atoms with Gasteiger partial charge in [-0.1, -0.05) is 0 Å². The summed E-state index contributed by atoms with van der Waals surface area (Å²) in [5.41, 5.74) is 10.1. The van der Waals surface area contributed by atoms with Crippen LogP contribution in [0.25, 0.3) is 0 Å². The zero-order valence-electron chi connectivity index (χ0n) is 13.4. The number of rotatable bonds is 1. The average molecular weight is 330 g/mol. The zero-order chi connectivity index (χ0) is 16.8. The van der Waals surface area contributed by atoms with Crippen LogP contribution in [-0.4, -0.2) is 28.8 Å². The van der Waals surface area contributed by atoms with Crippen molar-refractivity contribution in [3.63, 3.8) is 0 Å². The van der Waals surface area contributed by atoms with E-state index >= 15 is 0 Å². The van der Waals surface area contributed by atoms with Crippen LogP contribution in [0.2, 0.25) is 0 Å². The Balaban J connectivity index is 1.76. The summed E-state index contributed by atoms with van der Waals surface area (Å²) in [7, 11) is 0. The normalized spacial score (nSPS) is 19.3.